The van der Waals surface area contributed by atoms with Gasteiger partial charge in [0, 0.05) is 12.6 Å². The van der Waals surface area contributed by atoms with Crippen LogP contribution in [0.3, 0.4) is 0 Å². The van der Waals surface area contributed by atoms with Gasteiger partial charge in [0.25, 0.3) is 0 Å². The average molecular weight is 274 g/mol. The fourth-order valence-electron chi connectivity index (χ4n) is 1.48. The first-order valence-electron chi connectivity index (χ1n) is 5.85. The summed E-state index contributed by atoms with van der Waals surface area (Å²) in [6.45, 7) is 5.33. The summed E-state index contributed by atoms with van der Waals surface area (Å²) in [4.78, 5) is 0. The van der Waals surface area contributed by atoms with Gasteiger partial charge in [0.2, 0.25) is 0 Å². The lowest BCUT2D eigenvalue weighted by atomic mass is 10.2. The lowest BCUT2D eigenvalue weighted by molar-refractivity contribution is 0.0870. The second-order valence-corrected chi connectivity index (χ2v) is 4.44. The molecule has 0 aromatic heterocycles. The molecule has 0 spiro atoms. The van der Waals surface area contributed by atoms with Crippen molar-refractivity contribution in [3.8, 4) is 11.5 Å². The Morgan fingerprint density at radius 2 is 1.83 bits per heavy atom. The third kappa shape index (κ3) is 4.27. The van der Waals surface area contributed by atoms with E-state index in [1.165, 1.54) is 0 Å². The molecule has 1 N–H and O–H groups in total. The van der Waals surface area contributed by atoms with Crippen molar-refractivity contribution in [3.63, 3.8) is 0 Å². The topological polar surface area (TPSA) is 39.7 Å². The first kappa shape index (κ1) is 14.9. The largest absolute Gasteiger partial charge is 0.495 e. The maximum atomic E-state index is 6.07. The Bertz CT molecular complexity index is 383. The summed E-state index contributed by atoms with van der Waals surface area (Å²) in [5, 5.41) is 3.77. The van der Waals surface area contributed by atoms with Crippen LogP contribution < -0.4 is 14.8 Å². The molecule has 102 valence electrons. The van der Waals surface area contributed by atoms with Crippen molar-refractivity contribution in [1.29, 1.82) is 0 Å². The molecule has 0 saturated carbocycles. The Balaban J connectivity index is 2.66. The molecular weight excluding hydrogens is 254 g/mol. The molecule has 0 saturated heterocycles. The highest BCUT2D eigenvalue weighted by Gasteiger charge is 2.09. The van der Waals surface area contributed by atoms with Crippen LogP contribution in [0.5, 0.6) is 11.5 Å². The second-order valence-electron chi connectivity index (χ2n) is 4.03. The predicted molar refractivity (Wildman–Crippen MR) is 74.1 cm³/mol. The summed E-state index contributed by atoms with van der Waals surface area (Å²) < 4.78 is 15.9. The summed E-state index contributed by atoms with van der Waals surface area (Å²) in [6, 6.07) is 3.54. The number of methoxy groups -OCH3 is 2. The summed E-state index contributed by atoms with van der Waals surface area (Å²) in [5.41, 5.74) is 0.829. The zero-order valence-electron chi connectivity index (χ0n) is 11.2. The van der Waals surface area contributed by atoms with Gasteiger partial charge in [-0.25, -0.2) is 0 Å². The molecule has 1 aromatic carbocycles. The van der Waals surface area contributed by atoms with Gasteiger partial charge in [-0.1, -0.05) is 11.6 Å². The normalized spacial score (nSPS) is 10.6. The lowest BCUT2D eigenvalue weighted by Gasteiger charge is -2.14. The molecule has 0 atom stereocenters. The van der Waals surface area contributed by atoms with Crippen LogP contribution in [-0.2, 0) is 4.74 Å². The van der Waals surface area contributed by atoms with Crippen LogP contribution >= 0.6 is 11.6 Å². The zero-order valence-corrected chi connectivity index (χ0v) is 12.0. The second kappa shape index (κ2) is 7.34. The minimum atomic E-state index is 0.230. The third-order valence-corrected chi connectivity index (χ3v) is 2.64. The Labute approximate surface area is 113 Å². The van der Waals surface area contributed by atoms with Crippen molar-refractivity contribution in [2.75, 3.05) is 32.7 Å². The van der Waals surface area contributed by atoms with Gasteiger partial charge in [0.05, 0.1) is 37.6 Å². The van der Waals surface area contributed by atoms with E-state index in [9.17, 15) is 0 Å². The molecule has 1 rings (SSSR count). The van der Waals surface area contributed by atoms with Gasteiger partial charge in [0.1, 0.15) is 11.5 Å². The van der Waals surface area contributed by atoms with E-state index >= 15 is 0 Å². The molecule has 0 bridgehead atoms. The van der Waals surface area contributed by atoms with Crippen LogP contribution in [0.15, 0.2) is 12.1 Å². The molecule has 5 heteroatoms. The van der Waals surface area contributed by atoms with Crippen molar-refractivity contribution in [3.05, 3.63) is 17.2 Å². The van der Waals surface area contributed by atoms with Crippen LogP contribution in [0.1, 0.15) is 13.8 Å². The number of rotatable bonds is 7. The van der Waals surface area contributed by atoms with Crippen LogP contribution in [0.2, 0.25) is 5.02 Å². The Hall–Kier alpha value is -1.13. The van der Waals surface area contributed by atoms with E-state index in [0.717, 1.165) is 5.69 Å². The Kier molecular flexibility index (Phi) is 6.09. The van der Waals surface area contributed by atoms with Gasteiger partial charge in [-0.15, -0.1) is 0 Å². The average Bonchev–Trinajstić information content (AvgIpc) is 2.34. The maximum absolute atomic E-state index is 6.07. The monoisotopic (exact) mass is 273 g/mol. The lowest BCUT2D eigenvalue weighted by Crippen LogP contribution is -2.13. The highest BCUT2D eigenvalue weighted by atomic mass is 35.5. The molecule has 1 aromatic rings. The van der Waals surface area contributed by atoms with Crippen LogP contribution in [-0.4, -0.2) is 33.5 Å². The molecule has 0 aliphatic heterocycles. The van der Waals surface area contributed by atoms with Crippen molar-refractivity contribution >= 4 is 17.3 Å². The van der Waals surface area contributed by atoms with Crippen molar-refractivity contribution in [1.82, 2.24) is 0 Å². The van der Waals surface area contributed by atoms with Crippen LogP contribution in [0.25, 0.3) is 0 Å². The van der Waals surface area contributed by atoms with Gasteiger partial charge in [0.15, 0.2) is 0 Å². The number of nitrogens with one attached hydrogen (secondary N) is 1. The fraction of sp³-hybridized carbons (Fsp3) is 0.538. The van der Waals surface area contributed by atoms with E-state index in [4.69, 9.17) is 25.8 Å². The van der Waals surface area contributed by atoms with Crippen molar-refractivity contribution in [2.45, 2.75) is 20.0 Å². The van der Waals surface area contributed by atoms with Gasteiger partial charge in [-0.3, -0.25) is 0 Å². The first-order chi connectivity index (χ1) is 8.58. The third-order valence-electron chi connectivity index (χ3n) is 2.34. The highest BCUT2D eigenvalue weighted by Crippen LogP contribution is 2.35. The molecule has 0 heterocycles. The first-order valence-corrected chi connectivity index (χ1v) is 6.23. The number of hydrogen-bond acceptors (Lipinski definition) is 4. The minimum absolute atomic E-state index is 0.230. The molecular formula is C13H20ClNO3. The van der Waals surface area contributed by atoms with Gasteiger partial charge >= 0.3 is 0 Å². The van der Waals surface area contributed by atoms with E-state index < -0.39 is 0 Å². The van der Waals surface area contributed by atoms with Crippen molar-refractivity contribution < 1.29 is 14.2 Å². The van der Waals surface area contributed by atoms with E-state index in [1.807, 2.05) is 13.8 Å². The smallest absolute Gasteiger partial charge is 0.145 e. The standard InChI is InChI=1S/C13H20ClNO3/c1-9(2)18-6-5-15-11-7-10(14)12(16-3)8-13(11)17-4/h7-9,15H,5-6H2,1-4H3. The minimum Gasteiger partial charge on any atom is -0.495 e. The van der Waals surface area contributed by atoms with E-state index in [2.05, 4.69) is 5.32 Å². The van der Waals surface area contributed by atoms with Gasteiger partial charge < -0.3 is 19.5 Å². The molecule has 4 nitrogen and oxygen atoms in total. The number of anilines is 1. The maximum Gasteiger partial charge on any atom is 0.145 e. The summed E-state index contributed by atoms with van der Waals surface area (Å²) in [7, 11) is 3.18. The van der Waals surface area contributed by atoms with E-state index in [1.54, 1.807) is 26.4 Å². The summed E-state index contributed by atoms with van der Waals surface area (Å²) in [5.74, 6) is 1.29. The van der Waals surface area contributed by atoms with Crippen molar-refractivity contribution in [2.24, 2.45) is 0 Å². The predicted octanol–water partition coefficient (Wildman–Crippen LogP) is 3.19. The fourth-order valence-corrected chi connectivity index (χ4v) is 1.72. The number of benzene rings is 1. The summed E-state index contributed by atoms with van der Waals surface area (Å²) in [6.07, 6.45) is 0.230. The quantitative estimate of drug-likeness (QED) is 0.775. The van der Waals surface area contributed by atoms with Gasteiger partial charge in [-0.05, 0) is 19.9 Å². The van der Waals surface area contributed by atoms with E-state index in [-0.39, 0.29) is 6.10 Å². The Morgan fingerprint density at radius 1 is 1.17 bits per heavy atom. The molecule has 0 fully saturated rings. The SMILES string of the molecule is COc1cc(OC)c(NCCOC(C)C)cc1Cl. The molecule has 18 heavy (non-hydrogen) atoms. The molecule has 0 radical (unpaired) electrons. The van der Waals surface area contributed by atoms with E-state index in [0.29, 0.717) is 29.7 Å². The molecule has 0 amide bonds. The molecule has 0 aliphatic carbocycles. The molecule has 0 aliphatic rings. The number of hydrogen-bond donors (Lipinski definition) is 1. The Morgan fingerprint density at radius 3 is 2.39 bits per heavy atom. The summed E-state index contributed by atoms with van der Waals surface area (Å²) >= 11 is 6.07. The van der Waals surface area contributed by atoms with Crippen LogP contribution in [0, 0.1) is 0 Å². The van der Waals surface area contributed by atoms with Crippen LogP contribution in [0.4, 0.5) is 5.69 Å². The highest BCUT2D eigenvalue weighted by molar-refractivity contribution is 6.32. The molecule has 0 unspecified atom stereocenters. The zero-order chi connectivity index (χ0) is 13.5. The number of halogens is 1. The van der Waals surface area contributed by atoms with Gasteiger partial charge in [-0.2, -0.15) is 0 Å². The number of ether oxygens (including phenoxy) is 3.